The number of hydrogen-bond donors (Lipinski definition) is 3. The molecule has 0 bridgehead atoms. The highest BCUT2D eigenvalue weighted by Gasteiger charge is 2.25. The smallest absolute Gasteiger partial charge is 0.326 e. The molecule has 0 spiro atoms. The number of amides is 2. The van der Waals surface area contributed by atoms with Gasteiger partial charge in [-0.25, -0.2) is 9.59 Å². The van der Waals surface area contributed by atoms with E-state index in [1.165, 1.54) is 19.3 Å². The van der Waals surface area contributed by atoms with E-state index < -0.39 is 18.0 Å². The number of carbonyl (C=O) groups excluding carboxylic acids is 1. The van der Waals surface area contributed by atoms with E-state index in [2.05, 4.69) is 15.5 Å². The van der Waals surface area contributed by atoms with Crippen LogP contribution in [0, 0.1) is 5.92 Å². The van der Waals surface area contributed by atoms with Crippen molar-refractivity contribution in [3.05, 3.63) is 0 Å². The quantitative estimate of drug-likeness (QED) is 0.668. The van der Waals surface area contributed by atoms with Crippen molar-refractivity contribution >= 4 is 12.0 Å². The summed E-state index contributed by atoms with van der Waals surface area (Å²) in [6.45, 7) is 8.67. The topological polar surface area (TPSA) is 81.7 Å². The molecular formula is C15H29N3O3. The second kappa shape index (κ2) is 8.87. The van der Waals surface area contributed by atoms with Gasteiger partial charge in [-0.2, -0.15) is 0 Å². The van der Waals surface area contributed by atoms with E-state index in [1.807, 2.05) is 20.8 Å². The maximum Gasteiger partial charge on any atom is 0.326 e. The molecule has 1 aliphatic heterocycles. The zero-order valence-corrected chi connectivity index (χ0v) is 13.4. The third-order valence-electron chi connectivity index (χ3n) is 4.12. The number of likely N-dealkylation sites (tertiary alicyclic amines) is 1. The summed E-state index contributed by atoms with van der Waals surface area (Å²) in [6.07, 6.45) is 4.43. The Bertz CT molecular complexity index is 343. The van der Waals surface area contributed by atoms with Gasteiger partial charge in [0.15, 0.2) is 0 Å². The highest BCUT2D eigenvalue weighted by Crippen LogP contribution is 2.09. The van der Waals surface area contributed by atoms with E-state index in [-0.39, 0.29) is 12.0 Å². The summed E-state index contributed by atoms with van der Waals surface area (Å²) in [5.74, 6) is -1.08. The second-order valence-electron chi connectivity index (χ2n) is 6.08. The molecule has 1 rings (SSSR count). The summed E-state index contributed by atoms with van der Waals surface area (Å²) in [4.78, 5) is 25.5. The Kier molecular flexibility index (Phi) is 7.50. The summed E-state index contributed by atoms with van der Waals surface area (Å²) in [5, 5.41) is 14.6. The van der Waals surface area contributed by atoms with Crippen LogP contribution in [0.5, 0.6) is 0 Å². The number of piperidine rings is 1. The molecule has 1 aliphatic rings. The van der Waals surface area contributed by atoms with Gasteiger partial charge in [-0.05, 0) is 38.8 Å². The maximum atomic E-state index is 11.9. The number of carbonyl (C=O) groups is 2. The van der Waals surface area contributed by atoms with Crippen molar-refractivity contribution in [2.45, 2.75) is 58.5 Å². The zero-order valence-electron chi connectivity index (χ0n) is 13.4. The molecule has 0 aromatic heterocycles. The predicted molar refractivity (Wildman–Crippen MR) is 82.3 cm³/mol. The summed E-state index contributed by atoms with van der Waals surface area (Å²) in [5.41, 5.74) is 0. The zero-order chi connectivity index (χ0) is 15.8. The van der Waals surface area contributed by atoms with Crippen molar-refractivity contribution in [2.24, 2.45) is 5.92 Å². The number of nitrogens with one attached hydrogen (secondary N) is 2. The molecule has 122 valence electrons. The number of aliphatic carboxylic acids is 1. The fraction of sp³-hybridized carbons (Fsp3) is 0.867. The van der Waals surface area contributed by atoms with Gasteiger partial charge in [0.2, 0.25) is 0 Å². The summed E-state index contributed by atoms with van der Waals surface area (Å²) < 4.78 is 0. The number of carboxylic acids is 1. The largest absolute Gasteiger partial charge is 0.480 e. The lowest BCUT2D eigenvalue weighted by Crippen LogP contribution is -2.53. The van der Waals surface area contributed by atoms with Gasteiger partial charge in [-0.15, -0.1) is 0 Å². The molecule has 1 fully saturated rings. The highest BCUT2D eigenvalue weighted by atomic mass is 16.4. The Hall–Kier alpha value is -1.30. The van der Waals surface area contributed by atoms with Crippen molar-refractivity contribution in [3.63, 3.8) is 0 Å². The van der Waals surface area contributed by atoms with Gasteiger partial charge in [0.25, 0.3) is 0 Å². The van der Waals surface area contributed by atoms with Crippen LogP contribution in [-0.4, -0.2) is 53.7 Å². The van der Waals surface area contributed by atoms with Crippen LogP contribution in [-0.2, 0) is 4.79 Å². The third-order valence-corrected chi connectivity index (χ3v) is 4.12. The molecule has 3 atom stereocenters. The van der Waals surface area contributed by atoms with Gasteiger partial charge in [0.1, 0.15) is 6.04 Å². The Morgan fingerprint density at radius 1 is 1.14 bits per heavy atom. The predicted octanol–water partition coefficient (Wildman–Crippen LogP) is 1.66. The van der Waals surface area contributed by atoms with E-state index in [9.17, 15) is 9.59 Å². The van der Waals surface area contributed by atoms with Crippen LogP contribution in [0.25, 0.3) is 0 Å². The van der Waals surface area contributed by atoms with Crippen molar-refractivity contribution in [1.82, 2.24) is 15.5 Å². The van der Waals surface area contributed by atoms with Gasteiger partial charge in [-0.3, -0.25) is 0 Å². The van der Waals surface area contributed by atoms with Crippen LogP contribution in [0.4, 0.5) is 4.79 Å². The molecule has 6 heteroatoms. The van der Waals surface area contributed by atoms with E-state index in [0.717, 1.165) is 19.6 Å². The highest BCUT2D eigenvalue weighted by molar-refractivity contribution is 5.82. The van der Waals surface area contributed by atoms with E-state index in [1.54, 1.807) is 0 Å². The van der Waals surface area contributed by atoms with E-state index in [0.29, 0.717) is 6.42 Å². The molecule has 3 N–H and O–H groups in total. The third kappa shape index (κ3) is 6.33. The Morgan fingerprint density at radius 2 is 1.76 bits per heavy atom. The lowest BCUT2D eigenvalue weighted by Gasteiger charge is -2.29. The first-order valence-corrected chi connectivity index (χ1v) is 7.96. The summed E-state index contributed by atoms with van der Waals surface area (Å²) in [7, 11) is 0. The molecule has 1 saturated heterocycles. The van der Waals surface area contributed by atoms with Crippen LogP contribution >= 0.6 is 0 Å². The number of nitrogens with zero attached hydrogens (tertiary/aromatic N) is 1. The molecular weight excluding hydrogens is 270 g/mol. The van der Waals surface area contributed by atoms with Crippen molar-refractivity contribution < 1.29 is 14.7 Å². The molecule has 1 heterocycles. The fourth-order valence-corrected chi connectivity index (χ4v) is 2.66. The van der Waals surface area contributed by atoms with Gasteiger partial charge in [0.05, 0.1) is 0 Å². The summed E-state index contributed by atoms with van der Waals surface area (Å²) >= 11 is 0. The Labute approximate surface area is 127 Å². The van der Waals surface area contributed by atoms with Crippen LogP contribution in [0.2, 0.25) is 0 Å². The molecule has 0 aromatic rings. The average Bonchev–Trinajstić information content (AvgIpc) is 2.44. The molecule has 0 saturated carbocycles. The van der Waals surface area contributed by atoms with Crippen LogP contribution < -0.4 is 10.6 Å². The first kappa shape index (κ1) is 17.8. The average molecular weight is 299 g/mol. The molecule has 0 aliphatic carbocycles. The summed E-state index contributed by atoms with van der Waals surface area (Å²) in [6, 6.07) is -1.22. The Balaban J connectivity index is 2.38. The van der Waals surface area contributed by atoms with Gasteiger partial charge < -0.3 is 20.6 Å². The van der Waals surface area contributed by atoms with E-state index in [4.69, 9.17) is 5.11 Å². The number of rotatable bonds is 7. The molecule has 6 nitrogen and oxygen atoms in total. The molecule has 3 unspecified atom stereocenters. The van der Waals surface area contributed by atoms with Gasteiger partial charge in [-0.1, -0.05) is 26.7 Å². The molecule has 2 amide bonds. The molecule has 0 aromatic carbocycles. The van der Waals surface area contributed by atoms with Gasteiger partial charge in [0, 0.05) is 12.6 Å². The van der Waals surface area contributed by atoms with Crippen molar-refractivity contribution in [2.75, 3.05) is 19.6 Å². The number of carboxylic acid groups (broad SMARTS) is 1. The fourth-order valence-electron chi connectivity index (χ4n) is 2.66. The normalized spacial score (nSPS) is 20.3. The molecule has 21 heavy (non-hydrogen) atoms. The number of hydrogen-bond acceptors (Lipinski definition) is 3. The minimum Gasteiger partial charge on any atom is -0.480 e. The minimum absolute atomic E-state index is 0.00878. The maximum absolute atomic E-state index is 11.9. The lowest BCUT2D eigenvalue weighted by molar-refractivity contribution is -0.140. The van der Waals surface area contributed by atoms with Crippen LogP contribution in [0.3, 0.4) is 0 Å². The van der Waals surface area contributed by atoms with Crippen molar-refractivity contribution in [1.29, 1.82) is 0 Å². The monoisotopic (exact) mass is 299 g/mol. The second-order valence-corrected chi connectivity index (χ2v) is 6.08. The first-order valence-electron chi connectivity index (χ1n) is 7.96. The van der Waals surface area contributed by atoms with Crippen molar-refractivity contribution in [3.8, 4) is 0 Å². The van der Waals surface area contributed by atoms with Crippen LogP contribution in [0.15, 0.2) is 0 Å². The SMILES string of the molecule is CCC(C)C(NC(=O)NC(C)CN1CCCCC1)C(=O)O. The van der Waals surface area contributed by atoms with E-state index >= 15 is 0 Å². The minimum atomic E-state index is -0.983. The van der Waals surface area contributed by atoms with Gasteiger partial charge >= 0.3 is 12.0 Å². The molecule has 0 radical (unpaired) electrons. The lowest BCUT2D eigenvalue weighted by atomic mass is 9.99. The standard InChI is InChI=1S/C15H29N3O3/c1-4-11(2)13(14(19)20)17-15(21)16-12(3)10-18-8-6-5-7-9-18/h11-13H,4-10H2,1-3H3,(H,19,20)(H2,16,17,21). The first-order chi connectivity index (χ1) is 9.93. The Morgan fingerprint density at radius 3 is 2.29 bits per heavy atom. The number of urea groups is 1. The van der Waals surface area contributed by atoms with Crippen LogP contribution in [0.1, 0.15) is 46.5 Å².